The van der Waals surface area contributed by atoms with Crippen LogP contribution in [0.1, 0.15) is 66.9 Å². The molecule has 3 aliphatic carbocycles. The number of methoxy groups -OCH3 is 1. The number of hydrogen-bond acceptors (Lipinski definition) is 14. The third kappa shape index (κ3) is 6.53. The first-order valence-electron chi connectivity index (χ1n) is 18.3. The minimum atomic E-state index is -2.32. The van der Waals surface area contributed by atoms with E-state index in [1.807, 2.05) is 0 Å². The molecule has 15 nitrogen and oxygen atoms in total. The topological polar surface area (TPSA) is 210 Å². The van der Waals surface area contributed by atoms with Crippen LogP contribution in [0.4, 0.5) is 4.79 Å². The number of aliphatic hydroxyl groups is 2. The van der Waals surface area contributed by atoms with Gasteiger partial charge in [-0.25, -0.2) is 24.0 Å². The molecule has 1 unspecified atom stereocenters. The number of carbonyl (C=O) groups is 6. The number of allylic oxidation sites excluding steroid dienone is 3. The molecule has 11 atom stereocenters. The number of alkyl carbamates (subject to hydrolysis) is 1. The molecule has 2 heterocycles. The number of hydrogen-bond donors (Lipinski definition) is 3. The van der Waals surface area contributed by atoms with Crippen LogP contribution < -0.4 is 5.32 Å². The molecule has 1 aromatic carbocycles. The highest BCUT2D eigenvalue weighted by atomic mass is 16.6. The van der Waals surface area contributed by atoms with Crippen LogP contribution in [0.15, 0.2) is 53.3 Å². The first-order chi connectivity index (χ1) is 25.7. The van der Waals surface area contributed by atoms with Gasteiger partial charge in [-0.3, -0.25) is 4.79 Å². The van der Waals surface area contributed by atoms with Gasteiger partial charge in [0.2, 0.25) is 11.7 Å². The van der Waals surface area contributed by atoms with Crippen LogP contribution in [0.5, 0.6) is 0 Å². The van der Waals surface area contributed by atoms with Crippen LogP contribution in [0.3, 0.4) is 0 Å². The number of esters is 4. The van der Waals surface area contributed by atoms with Gasteiger partial charge in [0.15, 0.2) is 11.5 Å². The normalized spacial score (nSPS) is 35.3. The third-order valence-corrected chi connectivity index (χ3v) is 11.9. The molecule has 298 valence electrons. The minimum absolute atomic E-state index is 0.0238. The summed E-state index contributed by atoms with van der Waals surface area (Å²) in [4.78, 5) is 81.4. The fourth-order valence-electron chi connectivity index (χ4n) is 10.0. The van der Waals surface area contributed by atoms with Crippen molar-refractivity contribution in [1.29, 1.82) is 0 Å². The molecule has 6 rings (SSSR count). The molecule has 55 heavy (non-hydrogen) atoms. The summed E-state index contributed by atoms with van der Waals surface area (Å²) in [6.07, 6.45) is -6.42. The Bertz CT molecular complexity index is 1840. The highest BCUT2D eigenvalue weighted by molar-refractivity contribution is 5.99. The Morgan fingerprint density at radius 3 is 2.36 bits per heavy atom. The molecule has 0 radical (unpaired) electrons. The van der Waals surface area contributed by atoms with E-state index in [4.69, 9.17) is 28.4 Å². The third-order valence-electron chi connectivity index (χ3n) is 11.9. The maximum atomic E-state index is 14.2. The van der Waals surface area contributed by atoms with Gasteiger partial charge < -0.3 is 44.0 Å². The van der Waals surface area contributed by atoms with Gasteiger partial charge in [-0.15, -0.1) is 0 Å². The number of amides is 1. The number of fused-ring (bicyclic) bond motifs is 2. The van der Waals surface area contributed by atoms with E-state index in [0.717, 1.165) is 7.11 Å². The van der Waals surface area contributed by atoms with Crippen molar-refractivity contribution in [3.05, 3.63) is 58.9 Å². The van der Waals surface area contributed by atoms with Crippen LogP contribution in [0, 0.1) is 28.6 Å². The Kier molecular flexibility index (Phi) is 10.3. The molecule has 2 saturated carbocycles. The smallest absolute Gasteiger partial charge is 0.408 e. The van der Waals surface area contributed by atoms with E-state index in [9.17, 15) is 39.0 Å². The van der Waals surface area contributed by atoms with Crippen LogP contribution >= 0.6 is 0 Å². The number of aliphatic hydroxyl groups excluding tert-OH is 2. The summed E-state index contributed by atoms with van der Waals surface area (Å²) in [5.74, 6) is -7.82. The summed E-state index contributed by atoms with van der Waals surface area (Å²) >= 11 is 0. The van der Waals surface area contributed by atoms with Crippen molar-refractivity contribution in [3.8, 4) is 0 Å². The predicted molar refractivity (Wildman–Crippen MR) is 189 cm³/mol. The Balaban J connectivity index is 1.39. The summed E-state index contributed by atoms with van der Waals surface area (Å²) in [5, 5.41) is 26.5. The van der Waals surface area contributed by atoms with Gasteiger partial charge in [0, 0.05) is 30.3 Å². The van der Waals surface area contributed by atoms with Gasteiger partial charge in [-0.05, 0) is 70.4 Å². The van der Waals surface area contributed by atoms with Crippen molar-refractivity contribution in [1.82, 2.24) is 5.32 Å². The van der Waals surface area contributed by atoms with Gasteiger partial charge in [0.1, 0.15) is 23.9 Å². The average molecular weight is 768 g/mol. The minimum Gasteiger partial charge on any atom is -0.467 e. The molecule has 0 aromatic heterocycles. The fourth-order valence-corrected chi connectivity index (χ4v) is 10.0. The van der Waals surface area contributed by atoms with Gasteiger partial charge in [-0.1, -0.05) is 42.8 Å². The van der Waals surface area contributed by atoms with Crippen LogP contribution in [-0.2, 0) is 58.8 Å². The molecule has 2 aliphatic heterocycles. The molecule has 1 aromatic rings. The largest absolute Gasteiger partial charge is 0.467 e. The number of ketones is 1. The number of carbonyl (C=O) groups excluding carboxylic acids is 6. The molecule has 1 amide bonds. The monoisotopic (exact) mass is 767 g/mol. The van der Waals surface area contributed by atoms with Crippen molar-refractivity contribution >= 4 is 35.8 Å². The van der Waals surface area contributed by atoms with E-state index in [1.165, 1.54) is 6.08 Å². The van der Waals surface area contributed by atoms with E-state index < -0.39 is 106 Å². The second-order valence-electron chi connectivity index (χ2n) is 16.8. The van der Waals surface area contributed by atoms with Crippen LogP contribution in [0.25, 0.3) is 0 Å². The average Bonchev–Trinajstić information content (AvgIpc) is 3.40. The molecule has 4 fully saturated rings. The quantitative estimate of drug-likeness (QED) is 0.197. The lowest BCUT2D eigenvalue weighted by Crippen LogP contribution is -2.79. The van der Waals surface area contributed by atoms with E-state index in [1.54, 1.807) is 78.8 Å². The van der Waals surface area contributed by atoms with Crippen molar-refractivity contribution in [2.24, 2.45) is 28.6 Å². The zero-order valence-electron chi connectivity index (χ0n) is 32.2. The molecular formula is C40H49NO14. The van der Waals surface area contributed by atoms with E-state index >= 15 is 0 Å². The van der Waals surface area contributed by atoms with E-state index in [-0.39, 0.29) is 31.6 Å². The first kappa shape index (κ1) is 40.1. The number of ether oxygens (including phenoxy) is 6. The van der Waals surface area contributed by atoms with Crippen molar-refractivity contribution in [2.75, 3.05) is 13.7 Å². The Morgan fingerprint density at radius 2 is 1.75 bits per heavy atom. The molecular weight excluding hydrogens is 718 g/mol. The van der Waals surface area contributed by atoms with Crippen molar-refractivity contribution in [3.63, 3.8) is 0 Å². The lowest BCUT2D eigenvalue weighted by molar-refractivity contribution is -0.290. The van der Waals surface area contributed by atoms with E-state index in [0.29, 0.717) is 16.7 Å². The summed E-state index contributed by atoms with van der Waals surface area (Å²) in [6.45, 7) is 11.4. The van der Waals surface area contributed by atoms with Gasteiger partial charge >= 0.3 is 30.0 Å². The van der Waals surface area contributed by atoms with E-state index in [2.05, 4.69) is 5.32 Å². The van der Waals surface area contributed by atoms with Gasteiger partial charge in [0.05, 0.1) is 25.7 Å². The molecule has 5 aliphatic rings. The Labute approximate surface area is 318 Å². The maximum Gasteiger partial charge on any atom is 0.408 e. The molecule has 2 saturated heterocycles. The van der Waals surface area contributed by atoms with Crippen LogP contribution in [0.2, 0.25) is 0 Å². The summed E-state index contributed by atoms with van der Waals surface area (Å²) in [6, 6.07) is 7.65. The fraction of sp³-hybridized carbons (Fsp3) is 0.600. The number of Topliss-reactive ketones (excluding diaryl/α,β-unsaturated/α-hetero) is 1. The van der Waals surface area contributed by atoms with Crippen molar-refractivity contribution in [2.45, 2.75) is 109 Å². The summed E-state index contributed by atoms with van der Waals surface area (Å²) in [7, 11) is 1.07. The van der Waals surface area contributed by atoms with Gasteiger partial charge in [-0.2, -0.15) is 0 Å². The van der Waals surface area contributed by atoms with Crippen molar-refractivity contribution < 1.29 is 67.4 Å². The molecule has 15 heteroatoms. The highest BCUT2D eigenvalue weighted by Gasteiger charge is 2.85. The summed E-state index contributed by atoms with van der Waals surface area (Å²) < 4.78 is 34.2. The lowest BCUT2D eigenvalue weighted by atomic mass is 9.38. The standard InChI is InChI=1S/C40H49NO14/c1-19(2)14-26(43)53-29-31-39-18-51-40(31,35(48)50-8)32(45)27(44)30(39)38(7)17-24(42)28(20(3)22(38)16-25(39)52-34(29)47)54-33(46)23(15-21-12-10-9-11-13-21)41-36(49)55-37(4,5)6/h9-14,22-23,25,27,29-32,44-45H,15-18H2,1-8H3,(H,41,49)/t22-,23-,25+,27+,29+,30?,31+,32-,38-,39+,40-/m0/s1. The summed E-state index contributed by atoms with van der Waals surface area (Å²) in [5.41, 5.74) is -4.21. The second-order valence-corrected chi connectivity index (χ2v) is 16.8. The highest BCUT2D eigenvalue weighted by Crippen LogP contribution is 2.73. The number of rotatable bonds is 8. The Hall–Kier alpha value is -4.60. The van der Waals surface area contributed by atoms with Crippen LogP contribution in [-0.4, -0.2) is 101 Å². The SMILES string of the molecule is COC(=O)[C@@]12OC[C@]34C([C@@H](O)[C@@H]1O)[C@@]1(C)CC(=O)C(OC(=O)[C@H](Cc5ccccc5)NC(=O)OC(C)(C)C)=C(C)[C@@H]1C[C@H]3OC(=O)[C@H](OC(=O)C=C(C)C)[C@@H]24. The first-order valence-corrected chi connectivity index (χ1v) is 18.3. The zero-order valence-corrected chi connectivity index (χ0v) is 32.2. The van der Waals surface area contributed by atoms with Gasteiger partial charge in [0.25, 0.3) is 0 Å². The lowest BCUT2D eigenvalue weighted by Gasteiger charge is -2.67. The molecule has 2 bridgehead atoms. The second kappa shape index (κ2) is 14.2. The number of nitrogens with one attached hydrogen (secondary N) is 1. The predicted octanol–water partition coefficient (Wildman–Crippen LogP) is 2.64. The zero-order chi connectivity index (χ0) is 40.4. The number of benzene rings is 1. The molecule has 1 spiro atoms. The maximum absolute atomic E-state index is 14.2. The molecule has 3 N–H and O–H groups in total. The Morgan fingerprint density at radius 1 is 1.07 bits per heavy atom.